The molecule has 1 N–H and O–H groups in total. The van der Waals surface area contributed by atoms with Gasteiger partial charge in [0.15, 0.2) is 0 Å². The molecular formula is C31H28N4O3. The van der Waals surface area contributed by atoms with Gasteiger partial charge < -0.3 is 9.88 Å². The number of carbonyl (C=O) groups excluding carboxylic acids is 1. The SMILES string of the molecule is Cc1c(C)n(Cc2ccc(-c3cccnc3)cc2)c2ccc(C(=O)N[C@@H](C)c3ccc([N+](=O)[O-])cc3)cc12. The summed E-state index contributed by atoms with van der Waals surface area (Å²) in [6.07, 6.45) is 3.64. The van der Waals surface area contributed by atoms with Crippen molar-refractivity contribution in [3.63, 3.8) is 0 Å². The molecule has 0 fully saturated rings. The number of hydrogen-bond donors (Lipinski definition) is 1. The fourth-order valence-electron chi connectivity index (χ4n) is 4.76. The normalized spacial score (nSPS) is 11.9. The number of pyridine rings is 1. The van der Waals surface area contributed by atoms with E-state index < -0.39 is 4.92 Å². The third-order valence-corrected chi connectivity index (χ3v) is 7.14. The van der Waals surface area contributed by atoms with Gasteiger partial charge in [-0.05, 0) is 72.9 Å². The molecule has 5 rings (SSSR count). The Morgan fingerprint density at radius 3 is 2.39 bits per heavy atom. The Labute approximate surface area is 220 Å². The van der Waals surface area contributed by atoms with Crippen LogP contribution < -0.4 is 5.32 Å². The molecule has 0 aliphatic rings. The molecule has 0 aliphatic heterocycles. The highest BCUT2D eigenvalue weighted by Crippen LogP contribution is 2.28. The number of non-ortho nitro benzene ring substituents is 1. The molecular weight excluding hydrogens is 476 g/mol. The van der Waals surface area contributed by atoms with E-state index in [1.807, 2.05) is 37.4 Å². The first-order valence-corrected chi connectivity index (χ1v) is 12.5. The van der Waals surface area contributed by atoms with Crippen LogP contribution in [0.2, 0.25) is 0 Å². The third-order valence-electron chi connectivity index (χ3n) is 7.14. The standard InChI is InChI=1S/C31H28N4O3/c1-20-22(3)34(19-23-6-8-25(9-7-23)27-5-4-16-32-18-27)30-15-12-26(17-29(20)30)31(36)33-21(2)24-10-13-28(14-11-24)35(37)38/h4-18,21H,19H2,1-3H3,(H,33,36)/t21-/m0/s1. The largest absolute Gasteiger partial charge is 0.346 e. The molecule has 0 radical (unpaired) electrons. The zero-order chi connectivity index (χ0) is 26.8. The van der Waals surface area contributed by atoms with Crippen molar-refractivity contribution in [1.82, 2.24) is 14.9 Å². The molecule has 5 aromatic rings. The van der Waals surface area contributed by atoms with Crippen LogP contribution in [-0.4, -0.2) is 20.4 Å². The topological polar surface area (TPSA) is 90.1 Å². The minimum Gasteiger partial charge on any atom is -0.346 e. The van der Waals surface area contributed by atoms with Crippen LogP contribution >= 0.6 is 0 Å². The summed E-state index contributed by atoms with van der Waals surface area (Å²) in [7, 11) is 0. The lowest BCUT2D eigenvalue weighted by Crippen LogP contribution is -2.26. The average molecular weight is 505 g/mol. The van der Waals surface area contributed by atoms with Crippen molar-refractivity contribution in [2.75, 3.05) is 0 Å². The van der Waals surface area contributed by atoms with Crippen molar-refractivity contribution >= 4 is 22.5 Å². The minimum absolute atomic E-state index is 0.0255. The molecule has 2 heterocycles. The van der Waals surface area contributed by atoms with Gasteiger partial charge in [0.25, 0.3) is 11.6 Å². The van der Waals surface area contributed by atoms with Crippen molar-refractivity contribution < 1.29 is 9.72 Å². The lowest BCUT2D eigenvalue weighted by atomic mass is 10.1. The van der Waals surface area contributed by atoms with Crippen LogP contribution in [0.3, 0.4) is 0 Å². The number of nitrogens with zero attached hydrogens (tertiary/aromatic N) is 3. The van der Waals surface area contributed by atoms with Gasteiger partial charge in [-0.25, -0.2) is 0 Å². The number of nitro benzene ring substituents is 1. The number of nitro groups is 1. The number of fused-ring (bicyclic) bond motifs is 1. The van der Waals surface area contributed by atoms with E-state index in [-0.39, 0.29) is 17.6 Å². The maximum absolute atomic E-state index is 13.1. The molecule has 7 heteroatoms. The molecule has 1 atom stereocenters. The van der Waals surface area contributed by atoms with Crippen LogP contribution in [0.1, 0.15) is 45.7 Å². The fourth-order valence-corrected chi connectivity index (χ4v) is 4.76. The number of nitrogens with one attached hydrogen (secondary N) is 1. The highest BCUT2D eigenvalue weighted by Gasteiger charge is 2.17. The zero-order valence-corrected chi connectivity index (χ0v) is 21.5. The summed E-state index contributed by atoms with van der Waals surface area (Å²) in [6, 6.07) is 24.3. The van der Waals surface area contributed by atoms with Gasteiger partial charge in [-0.2, -0.15) is 0 Å². The number of hydrogen-bond acceptors (Lipinski definition) is 4. The summed E-state index contributed by atoms with van der Waals surface area (Å²) in [4.78, 5) is 27.7. The van der Waals surface area contributed by atoms with E-state index in [2.05, 4.69) is 59.0 Å². The maximum Gasteiger partial charge on any atom is 0.269 e. The Kier molecular flexibility index (Phi) is 6.75. The lowest BCUT2D eigenvalue weighted by Gasteiger charge is -2.14. The Morgan fingerprint density at radius 2 is 1.74 bits per heavy atom. The van der Waals surface area contributed by atoms with Crippen molar-refractivity contribution in [3.05, 3.63) is 129 Å². The van der Waals surface area contributed by atoms with E-state index in [0.29, 0.717) is 5.56 Å². The number of carbonyl (C=O) groups is 1. The van der Waals surface area contributed by atoms with E-state index in [0.717, 1.165) is 45.4 Å². The molecule has 0 aliphatic carbocycles. The first kappa shape index (κ1) is 24.9. The molecule has 0 saturated carbocycles. The molecule has 0 spiro atoms. The molecule has 7 nitrogen and oxygen atoms in total. The monoisotopic (exact) mass is 504 g/mol. The van der Waals surface area contributed by atoms with Gasteiger partial charge in [0.05, 0.1) is 11.0 Å². The van der Waals surface area contributed by atoms with E-state index in [9.17, 15) is 14.9 Å². The van der Waals surface area contributed by atoms with E-state index in [1.54, 1.807) is 18.3 Å². The van der Waals surface area contributed by atoms with Gasteiger partial charge >= 0.3 is 0 Å². The lowest BCUT2D eigenvalue weighted by molar-refractivity contribution is -0.384. The molecule has 0 unspecified atom stereocenters. The number of aryl methyl sites for hydroxylation is 1. The maximum atomic E-state index is 13.1. The van der Waals surface area contributed by atoms with E-state index in [1.165, 1.54) is 17.7 Å². The molecule has 2 aromatic heterocycles. The van der Waals surface area contributed by atoms with Gasteiger partial charge in [0.1, 0.15) is 0 Å². The summed E-state index contributed by atoms with van der Waals surface area (Å²) in [5.41, 5.74) is 8.20. The first-order chi connectivity index (χ1) is 18.3. The fraction of sp³-hybridized carbons (Fsp3) is 0.161. The van der Waals surface area contributed by atoms with Crippen LogP contribution in [0, 0.1) is 24.0 Å². The van der Waals surface area contributed by atoms with Crippen LogP contribution in [0.4, 0.5) is 5.69 Å². The van der Waals surface area contributed by atoms with Gasteiger partial charge in [-0.15, -0.1) is 0 Å². The van der Waals surface area contributed by atoms with Crippen LogP contribution in [0.25, 0.3) is 22.0 Å². The van der Waals surface area contributed by atoms with E-state index in [4.69, 9.17) is 0 Å². The molecule has 190 valence electrons. The number of amides is 1. The minimum atomic E-state index is -0.434. The molecule has 0 saturated heterocycles. The second-order valence-corrected chi connectivity index (χ2v) is 9.51. The molecule has 38 heavy (non-hydrogen) atoms. The quantitative estimate of drug-likeness (QED) is 0.196. The Morgan fingerprint density at radius 1 is 1.00 bits per heavy atom. The van der Waals surface area contributed by atoms with Crippen molar-refractivity contribution in [1.29, 1.82) is 0 Å². The third kappa shape index (κ3) is 4.91. The smallest absolute Gasteiger partial charge is 0.269 e. The molecule has 3 aromatic carbocycles. The average Bonchev–Trinajstić information content (AvgIpc) is 3.18. The predicted molar refractivity (Wildman–Crippen MR) is 149 cm³/mol. The van der Waals surface area contributed by atoms with Crippen molar-refractivity contribution in [2.24, 2.45) is 0 Å². The van der Waals surface area contributed by atoms with Gasteiger partial charge in [-0.3, -0.25) is 19.9 Å². The first-order valence-electron chi connectivity index (χ1n) is 12.5. The number of rotatable bonds is 7. The van der Waals surface area contributed by atoms with Crippen LogP contribution in [0.15, 0.2) is 91.3 Å². The summed E-state index contributed by atoms with van der Waals surface area (Å²) in [6.45, 7) is 6.78. The highest BCUT2D eigenvalue weighted by molar-refractivity contribution is 5.99. The van der Waals surface area contributed by atoms with Gasteiger partial charge in [0.2, 0.25) is 0 Å². The van der Waals surface area contributed by atoms with Crippen LogP contribution in [0.5, 0.6) is 0 Å². The number of benzene rings is 3. The Balaban J connectivity index is 1.35. The summed E-state index contributed by atoms with van der Waals surface area (Å²) >= 11 is 0. The zero-order valence-electron chi connectivity index (χ0n) is 21.5. The second kappa shape index (κ2) is 10.3. The van der Waals surface area contributed by atoms with Gasteiger partial charge in [-0.1, -0.05) is 42.5 Å². The molecule has 1 amide bonds. The summed E-state index contributed by atoms with van der Waals surface area (Å²) < 4.78 is 2.28. The van der Waals surface area contributed by atoms with Crippen molar-refractivity contribution in [3.8, 4) is 11.1 Å². The Hall–Kier alpha value is -4.78. The predicted octanol–water partition coefficient (Wildman–Crippen LogP) is 6.77. The Bertz CT molecular complexity index is 1620. The van der Waals surface area contributed by atoms with Crippen LogP contribution in [-0.2, 0) is 6.54 Å². The van der Waals surface area contributed by atoms with E-state index >= 15 is 0 Å². The highest BCUT2D eigenvalue weighted by atomic mass is 16.6. The summed E-state index contributed by atoms with van der Waals surface area (Å²) in [5.74, 6) is -0.187. The van der Waals surface area contributed by atoms with Gasteiger partial charge in [0, 0.05) is 53.2 Å². The summed E-state index contributed by atoms with van der Waals surface area (Å²) in [5, 5.41) is 15.0. The second-order valence-electron chi connectivity index (χ2n) is 9.51. The van der Waals surface area contributed by atoms with Crippen molar-refractivity contribution in [2.45, 2.75) is 33.4 Å². The number of aromatic nitrogens is 2. The molecule has 0 bridgehead atoms.